The fourth-order valence-corrected chi connectivity index (χ4v) is 2.70. The second kappa shape index (κ2) is 8.85. The summed E-state index contributed by atoms with van der Waals surface area (Å²) in [4.78, 5) is 34.4. The molecule has 2 N–H and O–H groups in total. The maximum absolute atomic E-state index is 12.7. The fraction of sp³-hybridized carbons (Fsp3) is 0.263. The third-order valence-electron chi connectivity index (χ3n) is 4.17. The molecule has 1 amide bonds. The molecule has 1 unspecified atom stereocenters. The van der Waals surface area contributed by atoms with E-state index in [0.717, 1.165) is 6.07 Å². The maximum Gasteiger partial charge on any atom is 0.305 e. The number of aryl methyl sites for hydroxylation is 1. The van der Waals surface area contributed by atoms with E-state index in [1.807, 2.05) is 0 Å². The molecule has 2 aromatic rings. The van der Waals surface area contributed by atoms with Crippen LogP contribution in [0.15, 0.2) is 36.4 Å². The monoisotopic (exact) mass is 388 g/mol. The number of amides is 1. The molecule has 2 aromatic carbocycles. The molecular weight excluding hydrogens is 368 g/mol. The van der Waals surface area contributed by atoms with Crippen molar-refractivity contribution in [2.75, 3.05) is 14.2 Å². The minimum absolute atomic E-state index is 0.102. The first-order chi connectivity index (χ1) is 13.3. The summed E-state index contributed by atoms with van der Waals surface area (Å²) in [5.74, 6) is -0.879. The highest BCUT2D eigenvalue weighted by molar-refractivity contribution is 5.96. The molecule has 28 heavy (non-hydrogen) atoms. The summed E-state index contributed by atoms with van der Waals surface area (Å²) in [5.41, 5.74) is 0.905. The Morgan fingerprint density at radius 1 is 1.14 bits per heavy atom. The molecule has 0 saturated heterocycles. The lowest BCUT2D eigenvalue weighted by Crippen LogP contribution is -2.30. The van der Waals surface area contributed by atoms with E-state index < -0.39 is 22.8 Å². The van der Waals surface area contributed by atoms with Gasteiger partial charge in [0.1, 0.15) is 0 Å². The Morgan fingerprint density at radius 3 is 2.39 bits per heavy atom. The van der Waals surface area contributed by atoms with E-state index in [0.29, 0.717) is 22.6 Å². The molecule has 0 heterocycles. The molecule has 0 aliphatic carbocycles. The van der Waals surface area contributed by atoms with Gasteiger partial charge in [0.15, 0.2) is 11.5 Å². The number of carbonyl (C=O) groups is 2. The number of hydrogen-bond donors (Lipinski definition) is 2. The number of nitro benzene ring substituents is 1. The van der Waals surface area contributed by atoms with Crippen LogP contribution >= 0.6 is 0 Å². The SMILES string of the molecule is COc1ccc(C(CC(=O)O)NC(=O)c2cc([N+](=O)[O-])ccc2C)cc1OC. The average Bonchev–Trinajstić information content (AvgIpc) is 2.66. The summed E-state index contributed by atoms with van der Waals surface area (Å²) >= 11 is 0. The van der Waals surface area contributed by atoms with Crippen molar-refractivity contribution in [3.8, 4) is 11.5 Å². The van der Waals surface area contributed by atoms with Crippen molar-refractivity contribution in [1.82, 2.24) is 5.32 Å². The van der Waals surface area contributed by atoms with E-state index in [1.54, 1.807) is 25.1 Å². The number of aliphatic carboxylic acids is 1. The number of nitro groups is 1. The number of rotatable bonds is 8. The van der Waals surface area contributed by atoms with Gasteiger partial charge in [0.2, 0.25) is 0 Å². The average molecular weight is 388 g/mol. The Bertz CT molecular complexity index is 911. The molecule has 0 aliphatic rings. The third kappa shape index (κ3) is 4.76. The lowest BCUT2D eigenvalue weighted by atomic mass is 10.0. The molecule has 2 rings (SSSR count). The minimum Gasteiger partial charge on any atom is -0.493 e. The number of ether oxygens (including phenoxy) is 2. The van der Waals surface area contributed by atoms with Crippen LogP contribution in [0.4, 0.5) is 5.69 Å². The van der Waals surface area contributed by atoms with Crippen LogP contribution in [0.3, 0.4) is 0 Å². The number of nitrogens with zero attached hydrogens (tertiary/aromatic N) is 1. The smallest absolute Gasteiger partial charge is 0.305 e. The molecule has 0 fully saturated rings. The summed E-state index contributed by atoms with van der Waals surface area (Å²) in [5, 5.41) is 22.8. The first-order valence-electron chi connectivity index (χ1n) is 8.26. The van der Waals surface area contributed by atoms with Crippen LogP contribution in [-0.4, -0.2) is 36.1 Å². The maximum atomic E-state index is 12.7. The zero-order chi connectivity index (χ0) is 20.8. The van der Waals surface area contributed by atoms with Crippen LogP contribution < -0.4 is 14.8 Å². The van der Waals surface area contributed by atoms with E-state index in [9.17, 15) is 24.8 Å². The second-order valence-electron chi connectivity index (χ2n) is 5.99. The quantitative estimate of drug-likeness (QED) is 0.525. The van der Waals surface area contributed by atoms with Gasteiger partial charge in [-0.15, -0.1) is 0 Å². The predicted octanol–water partition coefficient (Wildman–Crippen LogP) is 2.87. The largest absolute Gasteiger partial charge is 0.493 e. The van der Waals surface area contributed by atoms with Crippen molar-refractivity contribution in [2.24, 2.45) is 0 Å². The van der Waals surface area contributed by atoms with Crippen molar-refractivity contribution < 1.29 is 29.1 Å². The van der Waals surface area contributed by atoms with Gasteiger partial charge in [0.25, 0.3) is 11.6 Å². The summed E-state index contributed by atoms with van der Waals surface area (Å²) < 4.78 is 10.4. The van der Waals surface area contributed by atoms with Crippen molar-refractivity contribution >= 4 is 17.6 Å². The fourth-order valence-electron chi connectivity index (χ4n) is 2.70. The summed E-state index contributed by atoms with van der Waals surface area (Å²) in [7, 11) is 2.91. The second-order valence-corrected chi connectivity index (χ2v) is 5.99. The van der Waals surface area contributed by atoms with Gasteiger partial charge in [-0.3, -0.25) is 19.7 Å². The molecule has 0 saturated carbocycles. The first-order valence-corrected chi connectivity index (χ1v) is 8.26. The Hall–Kier alpha value is -3.62. The molecule has 9 heteroatoms. The van der Waals surface area contributed by atoms with Gasteiger partial charge in [0.05, 0.1) is 31.6 Å². The molecule has 0 spiro atoms. The van der Waals surface area contributed by atoms with E-state index >= 15 is 0 Å². The van der Waals surface area contributed by atoms with Crippen molar-refractivity contribution in [2.45, 2.75) is 19.4 Å². The summed E-state index contributed by atoms with van der Waals surface area (Å²) in [6.45, 7) is 1.64. The van der Waals surface area contributed by atoms with E-state index in [2.05, 4.69) is 5.32 Å². The first kappa shape index (κ1) is 20.7. The molecule has 0 radical (unpaired) electrons. The van der Waals surface area contributed by atoms with Crippen LogP contribution in [-0.2, 0) is 4.79 Å². The Kier molecular flexibility index (Phi) is 6.54. The molecular formula is C19H20N2O7. The number of hydrogen-bond acceptors (Lipinski definition) is 6. The van der Waals surface area contributed by atoms with Crippen molar-refractivity contribution in [3.63, 3.8) is 0 Å². The van der Waals surface area contributed by atoms with E-state index in [4.69, 9.17) is 9.47 Å². The summed E-state index contributed by atoms with van der Waals surface area (Å²) in [6, 6.07) is 7.86. The topological polar surface area (TPSA) is 128 Å². The molecule has 0 bridgehead atoms. The number of nitrogens with one attached hydrogen (secondary N) is 1. The predicted molar refractivity (Wildman–Crippen MR) is 99.8 cm³/mol. The lowest BCUT2D eigenvalue weighted by Gasteiger charge is -2.19. The van der Waals surface area contributed by atoms with Crippen molar-refractivity contribution in [3.05, 3.63) is 63.2 Å². The Morgan fingerprint density at radius 2 is 1.82 bits per heavy atom. The number of carboxylic acid groups (broad SMARTS) is 1. The van der Waals surface area contributed by atoms with E-state index in [1.165, 1.54) is 26.4 Å². The highest BCUT2D eigenvalue weighted by Crippen LogP contribution is 2.31. The Labute approximate surface area is 161 Å². The number of carbonyl (C=O) groups excluding carboxylic acids is 1. The highest BCUT2D eigenvalue weighted by atomic mass is 16.6. The van der Waals surface area contributed by atoms with Crippen LogP contribution in [0.1, 0.15) is 33.9 Å². The van der Waals surface area contributed by atoms with Gasteiger partial charge in [-0.1, -0.05) is 12.1 Å². The zero-order valence-corrected chi connectivity index (χ0v) is 15.6. The normalized spacial score (nSPS) is 11.4. The Balaban J connectivity index is 2.37. The number of benzene rings is 2. The van der Waals surface area contributed by atoms with Gasteiger partial charge >= 0.3 is 5.97 Å². The molecule has 0 aliphatic heterocycles. The molecule has 1 atom stereocenters. The standard InChI is InChI=1S/C19H20N2O7/c1-11-4-6-13(21(25)26)9-14(11)19(24)20-15(10-18(22)23)12-5-7-16(27-2)17(8-12)28-3/h4-9,15H,10H2,1-3H3,(H,20,24)(H,22,23). The van der Waals surface area contributed by atoms with Crippen molar-refractivity contribution in [1.29, 1.82) is 0 Å². The van der Waals surface area contributed by atoms with Crippen LogP contribution in [0.2, 0.25) is 0 Å². The number of non-ortho nitro benzene ring substituents is 1. The van der Waals surface area contributed by atoms with Gasteiger partial charge in [-0.05, 0) is 30.2 Å². The third-order valence-corrected chi connectivity index (χ3v) is 4.17. The molecule has 9 nitrogen and oxygen atoms in total. The minimum atomic E-state index is -1.11. The molecule has 0 aromatic heterocycles. The van der Waals surface area contributed by atoms with Gasteiger partial charge in [-0.25, -0.2) is 0 Å². The van der Waals surface area contributed by atoms with E-state index in [-0.39, 0.29) is 17.7 Å². The van der Waals surface area contributed by atoms with Gasteiger partial charge in [0, 0.05) is 17.7 Å². The van der Waals surface area contributed by atoms with Gasteiger partial charge < -0.3 is 19.9 Å². The van der Waals surface area contributed by atoms with Crippen LogP contribution in [0, 0.1) is 17.0 Å². The van der Waals surface area contributed by atoms with Crippen LogP contribution in [0.25, 0.3) is 0 Å². The number of carboxylic acids is 1. The van der Waals surface area contributed by atoms with Gasteiger partial charge in [-0.2, -0.15) is 0 Å². The highest BCUT2D eigenvalue weighted by Gasteiger charge is 2.22. The number of methoxy groups -OCH3 is 2. The van der Waals surface area contributed by atoms with Crippen LogP contribution in [0.5, 0.6) is 11.5 Å². The molecule has 148 valence electrons. The zero-order valence-electron chi connectivity index (χ0n) is 15.6. The summed E-state index contributed by atoms with van der Waals surface area (Å²) in [6.07, 6.45) is -0.380. The lowest BCUT2D eigenvalue weighted by molar-refractivity contribution is -0.384.